The highest BCUT2D eigenvalue weighted by molar-refractivity contribution is 7.89. The maximum Gasteiger partial charge on any atom is 0.244 e. The zero-order chi connectivity index (χ0) is 20.9. The van der Waals surface area contributed by atoms with Crippen molar-refractivity contribution in [2.45, 2.75) is 11.4 Å². The van der Waals surface area contributed by atoms with E-state index in [9.17, 15) is 13.2 Å². The number of ether oxygens (including phenoxy) is 3. The normalized spacial score (nSPS) is 13.3. The zero-order valence-electron chi connectivity index (χ0n) is 16.1. The van der Waals surface area contributed by atoms with Crippen molar-refractivity contribution < 1.29 is 27.4 Å². The SMILES string of the molecule is CNS(=O)(=O)c1cccc(CNC(=O)/C=C/c2cc(OC)c3c(c2)OCCO3)c1. The molecule has 0 radical (unpaired) electrons. The Balaban J connectivity index is 1.66. The largest absolute Gasteiger partial charge is 0.493 e. The van der Waals surface area contributed by atoms with Gasteiger partial charge in [-0.3, -0.25) is 4.79 Å². The Kier molecular flexibility index (Phi) is 6.40. The van der Waals surface area contributed by atoms with Gasteiger partial charge in [-0.05, 0) is 48.5 Å². The quantitative estimate of drug-likeness (QED) is 0.664. The number of methoxy groups -OCH3 is 1. The molecule has 2 N–H and O–H groups in total. The molecule has 8 nitrogen and oxygen atoms in total. The molecule has 3 rings (SSSR count). The molecule has 2 aromatic carbocycles. The predicted molar refractivity (Wildman–Crippen MR) is 108 cm³/mol. The molecule has 1 aliphatic rings. The number of carbonyl (C=O) groups is 1. The minimum Gasteiger partial charge on any atom is -0.493 e. The maximum absolute atomic E-state index is 12.2. The predicted octanol–water partition coefficient (Wildman–Crippen LogP) is 1.70. The molecule has 0 unspecified atom stereocenters. The fraction of sp³-hybridized carbons (Fsp3) is 0.250. The molecule has 0 aliphatic carbocycles. The fourth-order valence-electron chi connectivity index (χ4n) is 2.75. The molecule has 0 aromatic heterocycles. The monoisotopic (exact) mass is 418 g/mol. The van der Waals surface area contributed by atoms with E-state index in [1.165, 1.54) is 32.4 Å². The van der Waals surface area contributed by atoms with E-state index >= 15 is 0 Å². The summed E-state index contributed by atoms with van der Waals surface area (Å²) in [5, 5.41) is 2.73. The van der Waals surface area contributed by atoms with Crippen molar-refractivity contribution in [2.24, 2.45) is 0 Å². The summed E-state index contributed by atoms with van der Waals surface area (Å²) in [4.78, 5) is 12.3. The van der Waals surface area contributed by atoms with E-state index in [4.69, 9.17) is 14.2 Å². The first-order valence-corrected chi connectivity index (χ1v) is 10.4. The van der Waals surface area contributed by atoms with Crippen LogP contribution < -0.4 is 24.2 Å². The van der Waals surface area contributed by atoms with Crippen LogP contribution in [-0.4, -0.2) is 41.7 Å². The molecule has 0 saturated heterocycles. The lowest BCUT2D eigenvalue weighted by Gasteiger charge is -2.20. The second-order valence-electron chi connectivity index (χ2n) is 6.15. The number of rotatable bonds is 7. The molecule has 0 spiro atoms. The van der Waals surface area contributed by atoms with Gasteiger partial charge in [0, 0.05) is 12.6 Å². The van der Waals surface area contributed by atoms with Gasteiger partial charge < -0.3 is 19.5 Å². The maximum atomic E-state index is 12.2. The van der Waals surface area contributed by atoms with Crippen LogP contribution >= 0.6 is 0 Å². The second kappa shape index (κ2) is 8.97. The Bertz CT molecular complexity index is 1020. The summed E-state index contributed by atoms with van der Waals surface area (Å²) in [6.07, 6.45) is 3.02. The van der Waals surface area contributed by atoms with Crippen molar-refractivity contribution in [1.82, 2.24) is 10.0 Å². The summed E-state index contributed by atoms with van der Waals surface area (Å²) in [5.41, 5.74) is 1.40. The molecule has 2 aromatic rings. The standard InChI is InChI=1S/C20H22N2O6S/c1-21-29(24,25)16-5-3-4-15(10-16)13-22-19(23)7-6-14-11-17(26-2)20-18(12-14)27-8-9-28-20/h3-7,10-12,21H,8-9,13H2,1-2H3,(H,22,23)/b7-6+. The first-order valence-electron chi connectivity index (χ1n) is 8.89. The Morgan fingerprint density at radius 1 is 1.21 bits per heavy atom. The number of sulfonamides is 1. The van der Waals surface area contributed by atoms with Crippen molar-refractivity contribution in [1.29, 1.82) is 0 Å². The van der Waals surface area contributed by atoms with Crippen LogP contribution in [0.1, 0.15) is 11.1 Å². The van der Waals surface area contributed by atoms with E-state index in [-0.39, 0.29) is 17.3 Å². The first-order chi connectivity index (χ1) is 13.9. The van der Waals surface area contributed by atoms with Crippen LogP contribution in [-0.2, 0) is 21.4 Å². The van der Waals surface area contributed by atoms with Gasteiger partial charge in [0.05, 0.1) is 12.0 Å². The number of fused-ring (bicyclic) bond motifs is 1. The van der Waals surface area contributed by atoms with Crippen molar-refractivity contribution in [2.75, 3.05) is 27.4 Å². The van der Waals surface area contributed by atoms with Crippen LogP contribution in [0.5, 0.6) is 17.2 Å². The average Bonchev–Trinajstić information content (AvgIpc) is 2.75. The molecular weight excluding hydrogens is 396 g/mol. The van der Waals surface area contributed by atoms with Crippen LogP contribution in [0.4, 0.5) is 0 Å². The highest BCUT2D eigenvalue weighted by Gasteiger charge is 2.18. The lowest BCUT2D eigenvalue weighted by molar-refractivity contribution is -0.116. The van der Waals surface area contributed by atoms with E-state index in [0.29, 0.717) is 36.0 Å². The number of hydrogen-bond donors (Lipinski definition) is 2. The lowest BCUT2D eigenvalue weighted by atomic mass is 10.1. The summed E-state index contributed by atoms with van der Waals surface area (Å²) >= 11 is 0. The smallest absolute Gasteiger partial charge is 0.244 e. The number of nitrogens with one attached hydrogen (secondary N) is 2. The van der Waals surface area contributed by atoms with Crippen LogP contribution in [0, 0.1) is 0 Å². The van der Waals surface area contributed by atoms with Gasteiger partial charge in [0.25, 0.3) is 0 Å². The number of benzene rings is 2. The van der Waals surface area contributed by atoms with Gasteiger partial charge in [-0.15, -0.1) is 0 Å². The van der Waals surface area contributed by atoms with Crippen LogP contribution in [0.15, 0.2) is 47.4 Å². The minimum atomic E-state index is -3.53. The molecule has 1 aliphatic heterocycles. The lowest BCUT2D eigenvalue weighted by Crippen LogP contribution is -2.21. The zero-order valence-corrected chi connectivity index (χ0v) is 16.9. The fourth-order valence-corrected chi connectivity index (χ4v) is 3.55. The van der Waals surface area contributed by atoms with Gasteiger partial charge in [0.1, 0.15) is 13.2 Å². The number of amides is 1. The van der Waals surface area contributed by atoms with Gasteiger partial charge in [-0.1, -0.05) is 12.1 Å². The van der Waals surface area contributed by atoms with Crippen molar-refractivity contribution in [3.63, 3.8) is 0 Å². The van der Waals surface area contributed by atoms with Crippen LogP contribution in [0.2, 0.25) is 0 Å². The first kappa shape index (κ1) is 20.7. The van der Waals surface area contributed by atoms with Crippen LogP contribution in [0.3, 0.4) is 0 Å². The summed E-state index contributed by atoms with van der Waals surface area (Å²) < 4.78 is 42.4. The third-order valence-electron chi connectivity index (χ3n) is 4.22. The molecule has 0 saturated carbocycles. The third-order valence-corrected chi connectivity index (χ3v) is 5.63. The molecule has 1 amide bonds. The molecule has 1 heterocycles. The molecule has 0 atom stereocenters. The van der Waals surface area contributed by atoms with Crippen molar-refractivity contribution in [3.8, 4) is 17.2 Å². The Morgan fingerprint density at radius 3 is 2.76 bits per heavy atom. The molecule has 9 heteroatoms. The van der Waals surface area contributed by atoms with Gasteiger partial charge in [-0.25, -0.2) is 13.1 Å². The van der Waals surface area contributed by atoms with Crippen LogP contribution in [0.25, 0.3) is 6.08 Å². The molecular formula is C20H22N2O6S. The molecule has 0 fully saturated rings. The van der Waals surface area contributed by atoms with Gasteiger partial charge in [0.2, 0.25) is 21.7 Å². The van der Waals surface area contributed by atoms with Gasteiger partial charge >= 0.3 is 0 Å². The third kappa shape index (κ3) is 5.07. The van der Waals surface area contributed by atoms with E-state index in [1.54, 1.807) is 30.3 Å². The topological polar surface area (TPSA) is 103 Å². The van der Waals surface area contributed by atoms with Crippen molar-refractivity contribution >= 4 is 22.0 Å². The highest BCUT2D eigenvalue weighted by atomic mass is 32.2. The summed E-state index contributed by atoms with van der Waals surface area (Å²) in [5.74, 6) is 1.33. The second-order valence-corrected chi connectivity index (χ2v) is 8.04. The number of hydrogen-bond acceptors (Lipinski definition) is 6. The van der Waals surface area contributed by atoms with E-state index in [1.807, 2.05) is 0 Å². The minimum absolute atomic E-state index is 0.144. The summed E-state index contributed by atoms with van der Waals surface area (Å²) in [7, 11) is -0.644. The van der Waals surface area contributed by atoms with E-state index in [2.05, 4.69) is 10.0 Å². The molecule has 29 heavy (non-hydrogen) atoms. The highest BCUT2D eigenvalue weighted by Crippen LogP contribution is 2.40. The van der Waals surface area contributed by atoms with Gasteiger partial charge in [0.15, 0.2) is 11.5 Å². The number of carbonyl (C=O) groups excluding carboxylic acids is 1. The van der Waals surface area contributed by atoms with Gasteiger partial charge in [-0.2, -0.15) is 0 Å². The Morgan fingerprint density at radius 2 is 2.00 bits per heavy atom. The average molecular weight is 418 g/mol. The molecule has 0 bridgehead atoms. The molecule has 154 valence electrons. The Hall–Kier alpha value is -3.04. The summed E-state index contributed by atoms with van der Waals surface area (Å²) in [6, 6.07) is 9.90. The summed E-state index contributed by atoms with van der Waals surface area (Å²) in [6.45, 7) is 1.10. The van der Waals surface area contributed by atoms with E-state index < -0.39 is 10.0 Å². The van der Waals surface area contributed by atoms with E-state index in [0.717, 1.165) is 5.56 Å². The van der Waals surface area contributed by atoms with Crippen molar-refractivity contribution in [3.05, 3.63) is 53.6 Å². The Labute approximate surface area is 169 Å².